The number of hydrazine groups is 1. The fraction of sp³-hybridized carbons (Fsp3) is 0.235. The maximum atomic E-state index is 12.7. The van der Waals surface area contributed by atoms with Gasteiger partial charge in [0.15, 0.2) is 0 Å². The lowest BCUT2D eigenvalue weighted by atomic mass is 10.1. The maximum Gasteiger partial charge on any atom is 0.416 e. The number of benzene rings is 2. The second-order valence-electron chi connectivity index (χ2n) is 5.47. The van der Waals surface area contributed by atoms with E-state index in [1.54, 1.807) is 24.3 Å². The normalized spacial score (nSPS) is 11.0. The molecule has 0 radical (unpaired) electrons. The summed E-state index contributed by atoms with van der Waals surface area (Å²) >= 11 is 0. The number of rotatable bonds is 7. The Morgan fingerprint density at radius 3 is 2.56 bits per heavy atom. The molecule has 0 fully saturated rings. The number of alkyl halides is 3. The predicted octanol–water partition coefficient (Wildman–Crippen LogP) is 3.70. The molecule has 0 spiro atoms. The van der Waals surface area contributed by atoms with Crippen LogP contribution < -0.4 is 15.6 Å². The Kier molecular flexibility index (Phi) is 6.22. The molecule has 27 heavy (non-hydrogen) atoms. The highest BCUT2D eigenvalue weighted by atomic mass is 19.4. The van der Waals surface area contributed by atoms with Crippen LogP contribution in [-0.4, -0.2) is 17.9 Å². The molecule has 0 atom stereocenters. The quantitative estimate of drug-likeness (QED) is 0.562. The van der Waals surface area contributed by atoms with Crippen molar-refractivity contribution in [2.45, 2.75) is 19.0 Å². The highest BCUT2D eigenvalue weighted by Gasteiger charge is 2.33. The summed E-state index contributed by atoms with van der Waals surface area (Å²) in [6.07, 6.45) is -4.31. The van der Waals surface area contributed by atoms with E-state index in [-0.39, 0.29) is 12.1 Å². The fourth-order valence-corrected chi connectivity index (χ4v) is 2.32. The number of hydrogen-bond acceptors (Lipinski definition) is 5. The van der Waals surface area contributed by atoms with Gasteiger partial charge >= 0.3 is 6.18 Å². The van der Waals surface area contributed by atoms with Gasteiger partial charge in [0.2, 0.25) is 5.91 Å². The molecule has 0 unspecified atom stereocenters. The van der Waals surface area contributed by atoms with Gasteiger partial charge in [-0.05, 0) is 30.2 Å². The number of nitrogens with zero attached hydrogens (tertiary/aromatic N) is 1. The number of aryl methyl sites for hydroxylation is 1. The summed E-state index contributed by atoms with van der Waals surface area (Å²) in [6, 6.07) is 9.10. The van der Waals surface area contributed by atoms with Crippen LogP contribution in [0.5, 0.6) is 5.75 Å². The van der Waals surface area contributed by atoms with Gasteiger partial charge in [-0.3, -0.25) is 25.8 Å². The maximum absolute atomic E-state index is 12.7. The number of carbonyl (C=O) groups is 1. The topological polar surface area (TPSA) is 93.5 Å². The molecule has 0 aliphatic carbocycles. The summed E-state index contributed by atoms with van der Waals surface area (Å²) in [5.74, 6) is 0.131. The van der Waals surface area contributed by atoms with Crippen molar-refractivity contribution < 1.29 is 27.6 Å². The highest BCUT2D eigenvalue weighted by Crippen LogP contribution is 2.34. The van der Waals surface area contributed by atoms with Crippen LogP contribution >= 0.6 is 0 Å². The van der Waals surface area contributed by atoms with Crippen molar-refractivity contribution >= 4 is 17.3 Å². The Labute approximate surface area is 152 Å². The SMILES string of the molecule is COc1ccccc1CCC(=O)NNc1ccc(C(F)(F)F)cc1[N+](=O)[O-]. The molecular weight excluding hydrogens is 367 g/mol. The van der Waals surface area contributed by atoms with Crippen LogP contribution in [0.2, 0.25) is 0 Å². The van der Waals surface area contributed by atoms with Crippen LogP contribution in [0.4, 0.5) is 24.5 Å². The van der Waals surface area contributed by atoms with E-state index in [0.717, 1.165) is 11.6 Å². The highest BCUT2D eigenvalue weighted by molar-refractivity contribution is 5.78. The first-order chi connectivity index (χ1) is 12.7. The van der Waals surface area contributed by atoms with Crippen molar-refractivity contribution in [1.29, 1.82) is 0 Å². The number of ether oxygens (including phenoxy) is 1. The van der Waals surface area contributed by atoms with Gasteiger partial charge in [-0.15, -0.1) is 0 Å². The zero-order chi connectivity index (χ0) is 20.0. The average molecular weight is 383 g/mol. The first-order valence-corrected chi connectivity index (χ1v) is 7.74. The summed E-state index contributed by atoms with van der Waals surface area (Å²) < 4.78 is 43.2. The van der Waals surface area contributed by atoms with Crippen molar-refractivity contribution in [3.63, 3.8) is 0 Å². The molecule has 0 aliphatic rings. The number of anilines is 1. The van der Waals surface area contributed by atoms with E-state index < -0.39 is 28.3 Å². The van der Waals surface area contributed by atoms with Crippen LogP contribution in [0.25, 0.3) is 0 Å². The molecule has 0 heterocycles. The van der Waals surface area contributed by atoms with E-state index in [1.165, 1.54) is 7.11 Å². The van der Waals surface area contributed by atoms with Gasteiger partial charge in [-0.25, -0.2) is 0 Å². The van der Waals surface area contributed by atoms with Gasteiger partial charge in [0.1, 0.15) is 11.4 Å². The third-order valence-electron chi connectivity index (χ3n) is 3.67. The van der Waals surface area contributed by atoms with Crippen molar-refractivity contribution in [2.24, 2.45) is 0 Å². The third kappa shape index (κ3) is 5.33. The van der Waals surface area contributed by atoms with E-state index >= 15 is 0 Å². The summed E-state index contributed by atoms with van der Waals surface area (Å²) in [5.41, 5.74) is 3.15. The number of carbonyl (C=O) groups excluding carboxylic acids is 1. The van der Waals surface area contributed by atoms with Gasteiger partial charge in [0, 0.05) is 12.5 Å². The number of nitro groups is 1. The monoisotopic (exact) mass is 383 g/mol. The molecule has 0 saturated heterocycles. The van der Waals surface area contributed by atoms with E-state index in [2.05, 4.69) is 10.9 Å². The third-order valence-corrected chi connectivity index (χ3v) is 3.67. The number of nitrogens with one attached hydrogen (secondary N) is 2. The van der Waals surface area contributed by atoms with Crippen LogP contribution in [0, 0.1) is 10.1 Å². The zero-order valence-corrected chi connectivity index (χ0v) is 14.2. The molecule has 10 heteroatoms. The summed E-state index contributed by atoms with van der Waals surface area (Å²) in [7, 11) is 1.50. The number of nitro benzene ring substituents is 1. The molecule has 0 aromatic heterocycles. The number of para-hydroxylation sites is 1. The molecule has 1 amide bonds. The lowest BCUT2D eigenvalue weighted by Crippen LogP contribution is -2.30. The molecule has 144 valence electrons. The lowest BCUT2D eigenvalue weighted by Gasteiger charge is -2.12. The van der Waals surface area contributed by atoms with Gasteiger partial charge in [-0.2, -0.15) is 13.2 Å². The van der Waals surface area contributed by atoms with E-state index in [9.17, 15) is 28.1 Å². The first kappa shape index (κ1) is 20.0. The number of amides is 1. The summed E-state index contributed by atoms with van der Waals surface area (Å²) in [5, 5.41) is 11.0. The standard InChI is InChI=1S/C17H16F3N3O4/c1-27-15-5-3-2-4-11(15)6-9-16(24)22-21-13-8-7-12(17(18,19)20)10-14(13)23(25)26/h2-5,7-8,10,21H,6,9H2,1H3,(H,22,24). The Morgan fingerprint density at radius 2 is 1.93 bits per heavy atom. The van der Waals surface area contributed by atoms with Gasteiger partial charge < -0.3 is 4.74 Å². The minimum atomic E-state index is -4.71. The van der Waals surface area contributed by atoms with E-state index in [0.29, 0.717) is 24.3 Å². The van der Waals surface area contributed by atoms with Crippen LogP contribution in [0.15, 0.2) is 42.5 Å². The number of hydrogen-bond donors (Lipinski definition) is 2. The Hall–Kier alpha value is -3.30. The lowest BCUT2D eigenvalue weighted by molar-refractivity contribution is -0.384. The summed E-state index contributed by atoms with van der Waals surface area (Å²) in [4.78, 5) is 22.0. The van der Waals surface area contributed by atoms with Crippen LogP contribution in [-0.2, 0) is 17.4 Å². The van der Waals surface area contributed by atoms with Gasteiger partial charge in [0.25, 0.3) is 5.69 Å². The molecule has 2 rings (SSSR count). The molecule has 7 nitrogen and oxygen atoms in total. The van der Waals surface area contributed by atoms with E-state index in [4.69, 9.17) is 4.74 Å². The number of methoxy groups -OCH3 is 1. The van der Waals surface area contributed by atoms with Crippen molar-refractivity contribution in [3.05, 3.63) is 63.7 Å². The average Bonchev–Trinajstić information content (AvgIpc) is 2.63. The minimum Gasteiger partial charge on any atom is -0.496 e. The van der Waals surface area contributed by atoms with Gasteiger partial charge in [-0.1, -0.05) is 18.2 Å². The van der Waals surface area contributed by atoms with Crippen molar-refractivity contribution in [2.75, 3.05) is 12.5 Å². The Bertz CT molecular complexity index is 840. The number of halogens is 3. The largest absolute Gasteiger partial charge is 0.496 e. The van der Waals surface area contributed by atoms with Crippen molar-refractivity contribution in [3.8, 4) is 5.75 Å². The van der Waals surface area contributed by atoms with Gasteiger partial charge in [0.05, 0.1) is 17.6 Å². The van der Waals surface area contributed by atoms with E-state index in [1.807, 2.05) is 0 Å². The minimum absolute atomic E-state index is 0.0435. The second kappa shape index (κ2) is 8.39. The molecule has 0 saturated carbocycles. The second-order valence-corrected chi connectivity index (χ2v) is 5.47. The molecule has 0 bridgehead atoms. The predicted molar refractivity (Wildman–Crippen MR) is 91.2 cm³/mol. The van der Waals surface area contributed by atoms with Crippen molar-refractivity contribution in [1.82, 2.24) is 5.43 Å². The Balaban J connectivity index is 2.01. The van der Waals surface area contributed by atoms with Crippen LogP contribution in [0.3, 0.4) is 0 Å². The molecule has 0 aliphatic heterocycles. The molecule has 2 aromatic carbocycles. The van der Waals surface area contributed by atoms with Crippen LogP contribution in [0.1, 0.15) is 17.5 Å². The molecule has 2 N–H and O–H groups in total. The molecular formula is C17H16F3N3O4. The summed E-state index contributed by atoms with van der Waals surface area (Å²) in [6.45, 7) is 0. The Morgan fingerprint density at radius 1 is 1.22 bits per heavy atom. The molecule has 2 aromatic rings. The first-order valence-electron chi connectivity index (χ1n) is 7.74. The smallest absolute Gasteiger partial charge is 0.416 e. The fourth-order valence-electron chi connectivity index (χ4n) is 2.32. The zero-order valence-electron chi connectivity index (χ0n) is 14.2.